The highest BCUT2D eigenvalue weighted by Crippen LogP contribution is 2.23. The van der Waals surface area contributed by atoms with Crippen LogP contribution in [0.15, 0.2) is 6.20 Å². The van der Waals surface area contributed by atoms with Crippen molar-refractivity contribution >= 4 is 23.4 Å². The molecule has 0 bridgehead atoms. The Bertz CT molecular complexity index is 359. The Morgan fingerprint density at radius 1 is 1.53 bits per heavy atom. The van der Waals surface area contributed by atoms with E-state index in [9.17, 15) is 0 Å². The van der Waals surface area contributed by atoms with Gasteiger partial charge in [0.05, 0.1) is 12.8 Å². The molecule has 1 rings (SSSR count). The van der Waals surface area contributed by atoms with Gasteiger partial charge in [-0.3, -0.25) is 0 Å². The highest BCUT2D eigenvalue weighted by Gasteiger charge is 2.14. The first-order chi connectivity index (χ1) is 8.04. The van der Waals surface area contributed by atoms with Crippen LogP contribution in [-0.4, -0.2) is 36.8 Å². The van der Waals surface area contributed by atoms with Crippen molar-refractivity contribution in [1.29, 1.82) is 0 Å². The molecule has 5 nitrogen and oxygen atoms in total. The zero-order valence-electron chi connectivity index (χ0n) is 10.5. The first kappa shape index (κ1) is 14.0. The molecular weight excluding hydrogens is 240 g/mol. The summed E-state index contributed by atoms with van der Waals surface area (Å²) in [6, 6.07) is 0. The number of ether oxygens (including phenoxy) is 1. The lowest BCUT2D eigenvalue weighted by atomic mass is 10.2. The molecule has 0 saturated heterocycles. The molecule has 0 aliphatic carbocycles. The Morgan fingerprint density at radius 2 is 2.24 bits per heavy atom. The number of anilines is 2. The van der Waals surface area contributed by atoms with Gasteiger partial charge >= 0.3 is 0 Å². The summed E-state index contributed by atoms with van der Waals surface area (Å²) in [5.74, 6) is 1.40. The Labute approximate surface area is 107 Å². The van der Waals surface area contributed by atoms with E-state index in [0.717, 1.165) is 13.1 Å². The van der Waals surface area contributed by atoms with Gasteiger partial charge in [0.25, 0.3) is 0 Å². The van der Waals surface area contributed by atoms with Gasteiger partial charge in [-0.15, -0.1) is 0 Å². The SMILES string of the molecule is COCCN(CC(C)C)c1nc(N)ncc1Cl. The number of rotatable bonds is 6. The molecule has 0 amide bonds. The van der Waals surface area contributed by atoms with E-state index in [2.05, 4.69) is 28.7 Å². The molecule has 0 spiro atoms. The summed E-state index contributed by atoms with van der Waals surface area (Å²) in [7, 11) is 1.67. The molecule has 0 aliphatic heterocycles. The zero-order chi connectivity index (χ0) is 12.8. The number of nitrogen functional groups attached to an aromatic ring is 1. The molecule has 0 atom stereocenters. The van der Waals surface area contributed by atoms with Gasteiger partial charge in [-0.1, -0.05) is 25.4 Å². The zero-order valence-corrected chi connectivity index (χ0v) is 11.2. The summed E-state index contributed by atoms with van der Waals surface area (Å²) >= 11 is 6.09. The van der Waals surface area contributed by atoms with Crippen LogP contribution in [0.2, 0.25) is 5.02 Å². The summed E-state index contributed by atoms with van der Waals surface area (Å²) in [6.07, 6.45) is 1.53. The van der Waals surface area contributed by atoms with E-state index in [-0.39, 0.29) is 5.95 Å². The van der Waals surface area contributed by atoms with Gasteiger partial charge in [-0.2, -0.15) is 4.98 Å². The van der Waals surface area contributed by atoms with Crippen LogP contribution < -0.4 is 10.6 Å². The quantitative estimate of drug-likeness (QED) is 0.843. The second-order valence-electron chi connectivity index (χ2n) is 4.23. The predicted molar refractivity (Wildman–Crippen MR) is 70.4 cm³/mol. The fourth-order valence-electron chi connectivity index (χ4n) is 1.52. The molecule has 0 saturated carbocycles. The average molecular weight is 259 g/mol. The second kappa shape index (κ2) is 6.61. The van der Waals surface area contributed by atoms with Crippen LogP contribution in [0.1, 0.15) is 13.8 Å². The van der Waals surface area contributed by atoms with Gasteiger partial charge in [0.15, 0.2) is 5.82 Å². The molecule has 1 aromatic heterocycles. The van der Waals surface area contributed by atoms with Crippen LogP contribution in [0.5, 0.6) is 0 Å². The van der Waals surface area contributed by atoms with E-state index in [0.29, 0.717) is 23.4 Å². The van der Waals surface area contributed by atoms with Crippen LogP contribution in [0.4, 0.5) is 11.8 Å². The molecule has 2 N–H and O–H groups in total. The number of hydrogen-bond donors (Lipinski definition) is 1. The second-order valence-corrected chi connectivity index (χ2v) is 4.64. The minimum Gasteiger partial charge on any atom is -0.383 e. The van der Waals surface area contributed by atoms with Crippen molar-refractivity contribution in [1.82, 2.24) is 9.97 Å². The van der Waals surface area contributed by atoms with Crippen molar-refractivity contribution in [2.45, 2.75) is 13.8 Å². The Hall–Kier alpha value is -1.07. The van der Waals surface area contributed by atoms with Crippen molar-refractivity contribution in [3.63, 3.8) is 0 Å². The summed E-state index contributed by atoms with van der Waals surface area (Å²) in [5.41, 5.74) is 5.59. The van der Waals surface area contributed by atoms with Crippen molar-refractivity contribution in [2.24, 2.45) is 5.92 Å². The molecule has 1 heterocycles. The third-order valence-electron chi connectivity index (χ3n) is 2.19. The molecule has 17 heavy (non-hydrogen) atoms. The first-order valence-electron chi connectivity index (χ1n) is 5.56. The number of methoxy groups -OCH3 is 1. The summed E-state index contributed by atoms with van der Waals surface area (Å²) in [5, 5.41) is 0.510. The third-order valence-corrected chi connectivity index (χ3v) is 2.46. The summed E-state index contributed by atoms with van der Waals surface area (Å²) in [4.78, 5) is 10.1. The van der Waals surface area contributed by atoms with E-state index >= 15 is 0 Å². The van der Waals surface area contributed by atoms with Gasteiger partial charge in [0.1, 0.15) is 5.02 Å². The van der Waals surface area contributed by atoms with Gasteiger partial charge < -0.3 is 15.4 Å². The van der Waals surface area contributed by atoms with Crippen LogP contribution >= 0.6 is 11.6 Å². The topological polar surface area (TPSA) is 64.3 Å². The van der Waals surface area contributed by atoms with Crippen molar-refractivity contribution in [3.05, 3.63) is 11.2 Å². The highest BCUT2D eigenvalue weighted by atomic mass is 35.5. The van der Waals surface area contributed by atoms with Crippen molar-refractivity contribution < 1.29 is 4.74 Å². The smallest absolute Gasteiger partial charge is 0.222 e. The summed E-state index contributed by atoms with van der Waals surface area (Å²) in [6.45, 7) is 6.47. The first-order valence-corrected chi connectivity index (χ1v) is 5.94. The molecule has 0 aromatic carbocycles. The molecule has 0 unspecified atom stereocenters. The molecule has 0 aliphatic rings. The molecule has 6 heteroatoms. The number of aromatic nitrogens is 2. The maximum atomic E-state index is 6.09. The normalized spacial score (nSPS) is 10.9. The maximum absolute atomic E-state index is 6.09. The Balaban J connectivity index is 2.90. The Morgan fingerprint density at radius 3 is 2.82 bits per heavy atom. The summed E-state index contributed by atoms with van der Waals surface area (Å²) < 4.78 is 5.09. The van der Waals surface area contributed by atoms with Crippen molar-refractivity contribution in [2.75, 3.05) is 37.4 Å². The highest BCUT2D eigenvalue weighted by molar-refractivity contribution is 6.32. The number of nitrogens with two attached hydrogens (primary N) is 1. The van der Waals surface area contributed by atoms with E-state index in [1.54, 1.807) is 7.11 Å². The third kappa shape index (κ3) is 4.36. The molecule has 96 valence electrons. The van der Waals surface area contributed by atoms with Gasteiger partial charge in [-0.05, 0) is 5.92 Å². The Kier molecular flexibility index (Phi) is 5.44. The van der Waals surface area contributed by atoms with Gasteiger partial charge in [0.2, 0.25) is 5.95 Å². The van der Waals surface area contributed by atoms with Crippen LogP contribution in [0.3, 0.4) is 0 Å². The van der Waals surface area contributed by atoms with E-state index in [4.69, 9.17) is 22.1 Å². The maximum Gasteiger partial charge on any atom is 0.222 e. The average Bonchev–Trinajstić information content (AvgIpc) is 2.27. The lowest BCUT2D eigenvalue weighted by Crippen LogP contribution is -2.32. The fraction of sp³-hybridized carbons (Fsp3) is 0.636. The molecule has 1 aromatic rings. The fourth-order valence-corrected chi connectivity index (χ4v) is 1.73. The standard InChI is InChI=1S/C11H19ClN4O/c1-8(2)7-16(4-5-17-3)10-9(12)6-14-11(13)15-10/h6,8H,4-5,7H2,1-3H3,(H2,13,14,15). The van der Waals surface area contributed by atoms with Gasteiger partial charge in [0, 0.05) is 20.2 Å². The van der Waals surface area contributed by atoms with E-state index in [1.165, 1.54) is 6.20 Å². The van der Waals surface area contributed by atoms with Crippen LogP contribution in [0.25, 0.3) is 0 Å². The van der Waals surface area contributed by atoms with Crippen LogP contribution in [-0.2, 0) is 4.74 Å². The minimum absolute atomic E-state index is 0.232. The predicted octanol–water partition coefficient (Wildman–Crippen LogP) is 1.82. The molecule has 0 radical (unpaired) electrons. The van der Waals surface area contributed by atoms with Crippen molar-refractivity contribution in [3.8, 4) is 0 Å². The molecular formula is C11H19ClN4O. The van der Waals surface area contributed by atoms with Gasteiger partial charge in [-0.25, -0.2) is 4.98 Å². The number of hydrogen-bond acceptors (Lipinski definition) is 5. The largest absolute Gasteiger partial charge is 0.383 e. The number of halogens is 1. The monoisotopic (exact) mass is 258 g/mol. The lowest BCUT2D eigenvalue weighted by Gasteiger charge is -2.26. The number of nitrogens with zero attached hydrogens (tertiary/aromatic N) is 3. The van der Waals surface area contributed by atoms with E-state index in [1.807, 2.05) is 0 Å². The minimum atomic E-state index is 0.232. The van der Waals surface area contributed by atoms with Crippen LogP contribution in [0, 0.1) is 5.92 Å². The lowest BCUT2D eigenvalue weighted by molar-refractivity contribution is 0.204. The van der Waals surface area contributed by atoms with E-state index < -0.39 is 0 Å². The molecule has 0 fully saturated rings.